The maximum atomic E-state index is 12.2. The van der Waals surface area contributed by atoms with Crippen molar-refractivity contribution in [2.75, 3.05) is 5.32 Å². The van der Waals surface area contributed by atoms with Gasteiger partial charge in [-0.1, -0.05) is 6.92 Å². The molecule has 3 N–H and O–H groups in total. The van der Waals surface area contributed by atoms with Gasteiger partial charge in [0.2, 0.25) is 10.0 Å². The third-order valence-electron chi connectivity index (χ3n) is 2.67. The minimum Gasteiger partial charge on any atom is -0.303 e. The normalized spacial score (nSPS) is 11.6. The topological polar surface area (TPSA) is 107 Å². The molecule has 0 aromatic carbocycles. The average Bonchev–Trinajstić information content (AvgIpc) is 2.94. The summed E-state index contributed by atoms with van der Waals surface area (Å²) in [6.07, 6.45) is 1.97. The van der Waals surface area contributed by atoms with E-state index in [1.54, 1.807) is 7.05 Å². The van der Waals surface area contributed by atoms with Crippen molar-refractivity contribution in [1.29, 1.82) is 0 Å². The van der Waals surface area contributed by atoms with Crippen molar-refractivity contribution in [2.24, 2.45) is 12.2 Å². The zero-order valence-corrected chi connectivity index (χ0v) is 12.6. The number of rotatable bonds is 4. The van der Waals surface area contributed by atoms with E-state index in [1.165, 1.54) is 22.2 Å². The Bertz CT molecular complexity index is 746. The fraction of sp³-hybridized carbons (Fsp3) is 0.273. The molecule has 0 fully saturated rings. The van der Waals surface area contributed by atoms with Gasteiger partial charge in [-0.25, -0.2) is 13.6 Å². The van der Waals surface area contributed by atoms with Crippen LogP contribution in [-0.4, -0.2) is 24.1 Å². The van der Waals surface area contributed by atoms with E-state index in [1.807, 2.05) is 18.4 Å². The Morgan fingerprint density at radius 3 is 2.85 bits per heavy atom. The van der Waals surface area contributed by atoms with Crippen molar-refractivity contribution < 1.29 is 13.2 Å². The molecule has 2 aromatic heterocycles. The number of carbonyl (C=O) groups is 1. The summed E-state index contributed by atoms with van der Waals surface area (Å²) in [5.74, 6) is -0.448. The first-order valence-corrected chi connectivity index (χ1v) is 8.19. The number of hydrogen-bond acceptors (Lipinski definition) is 5. The predicted molar refractivity (Wildman–Crippen MR) is 76.2 cm³/mol. The molecule has 1 amide bonds. The van der Waals surface area contributed by atoms with Gasteiger partial charge in [-0.15, -0.1) is 11.3 Å². The van der Waals surface area contributed by atoms with E-state index < -0.39 is 10.0 Å². The van der Waals surface area contributed by atoms with Crippen LogP contribution in [0.15, 0.2) is 22.5 Å². The Morgan fingerprint density at radius 1 is 1.55 bits per heavy atom. The fourth-order valence-electron chi connectivity index (χ4n) is 1.74. The number of aryl methyl sites for hydroxylation is 2. The number of amides is 1. The summed E-state index contributed by atoms with van der Waals surface area (Å²) >= 11 is 1.29. The largest absolute Gasteiger partial charge is 0.303 e. The number of thiophene rings is 1. The molecule has 9 heteroatoms. The second-order valence-electron chi connectivity index (χ2n) is 4.14. The van der Waals surface area contributed by atoms with Gasteiger partial charge < -0.3 is 5.32 Å². The maximum absolute atomic E-state index is 12.2. The SMILES string of the molecule is CCc1ccsc1C(=O)Nc1nn(C)cc1S(N)(=O)=O. The second-order valence-corrected chi connectivity index (χ2v) is 6.59. The molecule has 0 unspecified atom stereocenters. The fourth-order valence-corrected chi connectivity index (χ4v) is 3.29. The van der Waals surface area contributed by atoms with Crippen LogP contribution in [0.3, 0.4) is 0 Å². The van der Waals surface area contributed by atoms with Gasteiger partial charge in [-0.05, 0) is 23.4 Å². The van der Waals surface area contributed by atoms with E-state index in [2.05, 4.69) is 10.4 Å². The molecule has 0 radical (unpaired) electrons. The Kier molecular flexibility index (Phi) is 3.93. The molecule has 20 heavy (non-hydrogen) atoms. The molecule has 108 valence electrons. The molecule has 2 aromatic rings. The van der Waals surface area contributed by atoms with Crippen molar-refractivity contribution in [3.05, 3.63) is 28.1 Å². The van der Waals surface area contributed by atoms with Gasteiger partial charge in [0.1, 0.15) is 4.90 Å². The summed E-state index contributed by atoms with van der Waals surface area (Å²) in [4.78, 5) is 12.5. The molecule has 0 saturated heterocycles. The summed E-state index contributed by atoms with van der Waals surface area (Å²) in [6, 6.07) is 1.86. The van der Waals surface area contributed by atoms with Crippen LogP contribution in [0.2, 0.25) is 0 Å². The number of nitrogens with zero attached hydrogens (tertiary/aromatic N) is 2. The van der Waals surface area contributed by atoms with Crippen molar-refractivity contribution in [3.63, 3.8) is 0 Å². The molecule has 2 rings (SSSR count). The molecule has 0 atom stereocenters. The first-order chi connectivity index (χ1) is 9.32. The molecule has 0 aliphatic heterocycles. The van der Waals surface area contributed by atoms with E-state index >= 15 is 0 Å². The van der Waals surface area contributed by atoms with Gasteiger partial charge in [-0.2, -0.15) is 5.10 Å². The van der Waals surface area contributed by atoms with Crippen LogP contribution in [0.4, 0.5) is 5.82 Å². The summed E-state index contributed by atoms with van der Waals surface area (Å²) in [7, 11) is -2.39. The molecule has 0 bridgehead atoms. The second kappa shape index (κ2) is 5.35. The summed E-state index contributed by atoms with van der Waals surface area (Å²) < 4.78 is 24.2. The number of aromatic nitrogens is 2. The summed E-state index contributed by atoms with van der Waals surface area (Å²) in [6.45, 7) is 1.94. The van der Waals surface area contributed by atoms with Crippen molar-refractivity contribution in [1.82, 2.24) is 9.78 Å². The van der Waals surface area contributed by atoms with Crippen molar-refractivity contribution in [2.45, 2.75) is 18.2 Å². The highest BCUT2D eigenvalue weighted by molar-refractivity contribution is 7.89. The zero-order valence-electron chi connectivity index (χ0n) is 11.0. The number of primary sulfonamides is 1. The Labute approximate surface area is 120 Å². The van der Waals surface area contributed by atoms with Crippen LogP contribution in [0, 0.1) is 0 Å². The first kappa shape index (κ1) is 14.7. The van der Waals surface area contributed by atoms with Gasteiger partial charge in [-0.3, -0.25) is 9.48 Å². The molecular weight excluding hydrogens is 300 g/mol. The van der Waals surface area contributed by atoms with Crippen LogP contribution in [0.25, 0.3) is 0 Å². The Balaban J connectivity index is 2.34. The third-order valence-corrected chi connectivity index (χ3v) is 4.53. The van der Waals surface area contributed by atoms with Crippen LogP contribution >= 0.6 is 11.3 Å². The lowest BCUT2D eigenvalue weighted by Gasteiger charge is -2.04. The third kappa shape index (κ3) is 2.89. The van der Waals surface area contributed by atoms with E-state index in [0.29, 0.717) is 4.88 Å². The van der Waals surface area contributed by atoms with Crippen LogP contribution in [0.1, 0.15) is 22.2 Å². The number of carbonyl (C=O) groups excluding carboxylic acids is 1. The Morgan fingerprint density at radius 2 is 2.25 bits per heavy atom. The van der Waals surface area contributed by atoms with Gasteiger partial charge in [0, 0.05) is 13.2 Å². The minimum atomic E-state index is -3.94. The van der Waals surface area contributed by atoms with E-state index in [0.717, 1.165) is 12.0 Å². The zero-order chi connectivity index (χ0) is 14.9. The van der Waals surface area contributed by atoms with Gasteiger partial charge in [0.15, 0.2) is 5.82 Å². The van der Waals surface area contributed by atoms with Crippen LogP contribution < -0.4 is 10.5 Å². The standard InChI is InChI=1S/C11H14N4O3S2/c1-3-7-4-5-19-9(7)11(16)13-10-8(20(12,17)18)6-15(2)14-10/h4-6H,3H2,1-2H3,(H2,12,17,18)(H,13,14,16). The number of hydrogen-bond donors (Lipinski definition) is 2. The van der Waals surface area contributed by atoms with Gasteiger partial charge >= 0.3 is 0 Å². The molecule has 0 aliphatic rings. The summed E-state index contributed by atoms with van der Waals surface area (Å²) in [5, 5.41) is 13.3. The molecule has 0 spiro atoms. The molecule has 2 heterocycles. The van der Waals surface area contributed by atoms with Crippen molar-refractivity contribution in [3.8, 4) is 0 Å². The molecular formula is C11H14N4O3S2. The summed E-state index contributed by atoms with van der Waals surface area (Å²) in [5.41, 5.74) is 0.903. The highest BCUT2D eigenvalue weighted by Crippen LogP contribution is 2.22. The molecule has 7 nitrogen and oxygen atoms in total. The van der Waals surface area contributed by atoms with Crippen molar-refractivity contribution >= 4 is 33.1 Å². The quantitative estimate of drug-likeness (QED) is 0.875. The van der Waals surface area contributed by atoms with E-state index in [9.17, 15) is 13.2 Å². The highest BCUT2D eigenvalue weighted by atomic mass is 32.2. The number of nitrogens with two attached hydrogens (primary N) is 1. The molecule has 0 aliphatic carbocycles. The van der Waals surface area contributed by atoms with Crippen LogP contribution in [-0.2, 0) is 23.5 Å². The van der Waals surface area contributed by atoms with E-state index in [-0.39, 0.29) is 16.6 Å². The number of nitrogens with one attached hydrogen (secondary N) is 1. The lowest BCUT2D eigenvalue weighted by atomic mass is 10.2. The van der Waals surface area contributed by atoms with Gasteiger partial charge in [0.05, 0.1) is 4.88 Å². The lowest BCUT2D eigenvalue weighted by molar-refractivity contribution is 0.102. The lowest BCUT2D eigenvalue weighted by Crippen LogP contribution is -2.17. The highest BCUT2D eigenvalue weighted by Gasteiger charge is 2.21. The minimum absolute atomic E-state index is 0.0598. The monoisotopic (exact) mass is 314 g/mol. The number of anilines is 1. The van der Waals surface area contributed by atoms with E-state index in [4.69, 9.17) is 5.14 Å². The average molecular weight is 314 g/mol. The van der Waals surface area contributed by atoms with Crippen LogP contribution in [0.5, 0.6) is 0 Å². The first-order valence-electron chi connectivity index (χ1n) is 5.77. The maximum Gasteiger partial charge on any atom is 0.267 e. The van der Waals surface area contributed by atoms with Gasteiger partial charge in [0.25, 0.3) is 5.91 Å². The molecule has 0 saturated carbocycles. The Hall–Kier alpha value is -1.71. The smallest absolute Gasteiger partial charge is 0.267 e. The predicted octanol–water partition coefficient (Wildman–Crippen LogP) is 0.944. The number of sulfonamides is 1.